The number of urea groups is 1. The number of aliphatic carboxylic acids is 1. The van der Waals surface area contributed by atoms with Gasteiger partial charge in [-0.1, -0.05) is 0 Å². The third kappa shape index (κ3) is 6.66. The highest BCUT2D eigenvalue weighted by Crippen LogP contribution is 2.12. The Balaban J connectivity index is 2.56. The fourth-order valence-electron chi connectivity index (χ4n) is 1.63. The predicted octanol–water partition coefficient (Wildman–Crippen LogP) is 1.39. The first kappa shape index (κ1) is 16.8. The number of aromatic nitrogens is 2. The van der Waals surface area contributed by atoms with Gasteiger partial charge in [0.25, 0.3) is 0 Å². The molecule has 0 bridgehead atoms. The topological polar surface area (TPSA) is 113 Å². The van der Waals surface area contributed by atoms with E-state index in [0.717, 1.165) is 0 Å². The molecule has 0 aliphatic carbocycles. The van der Waals surface area contributed by atoms with E-state index in [1.54, 1.807) is 27.0 Å². The molecule has 0 aliphatic rings. The number of nitrogens with one attached hydrogen (secondary N) is 2. The molecule has 0 fully saturated rings. The van der Waals surface area contributed by atoms with Crippen LogP contribution in [0.1, 0.15) is 32.4 Å². The Labute approximate surface area is 122 Å². The van der Waals surface area contributed by atoms with Crippen LogP contribution in [-0.2, 0) is 16.1 Å². The van der Waals surface area contributed by atoms with Crippen LogP contribution in [0.15, 0.2) is 12.4 Å². The second kappa shape index (κ2) is 7.53. The number of nitrogens with zero attached hydrogens (tertiary/aromatic N) is 2. The molecule has 0 atom stereocenters. The summed E-state index contributed by atoms with van der Waals surface area (Å²) in [6, 6.07) is 1.15. The van der Waals surface area contributed by atoms with E-state index in [4.69, 9.17) is 9.84 Å². The van der Waals surface area contributed by atoms with E-state index in [9.17, 15) is 9.59 Å². The number of hydrogen-bond donors (Lipinski definition) is 3. The van der Waals surface area contributed by atoms with Gasteiger partial charge in [0.1, 0.15) is 12.1 Å². The summed E-state index contributed by atoms with van der Waals surface area (Å²) in [5.74, 6) is -0.547. The number of carboxylic acids is 1. The van der Waals surface area contributed by atoms with E-state index in [-0.39, 0.29) is 6.42 Å². The smallest absolute Gasteiger partial charge is 0.320 e. The van der Waals surface area contributed by atoms with Crippen molar-refractivity contribution < 1.29 is 19.4 Å². The fourth-order valence-corrected chi connectivity index (χ4v) is 1.63. The van der Waals surface area contributed by atoms with Crippen molar-refractivity contribution in [2.24, 2.45) is 0 Å². The Kier molecular flexibility index (Phi) is 6.04. The van der Waals surface area contributed by atoms with Crippen molar-refractivity contribution in [2.75, 3.05) is 12.4 Å². The summed E-state index contributed by atoms with van der Waals surface area (Å²) in [4.78, 5) is 30.4. The molecule has 0 saturated heterocycles. The van der Waals surface area contributed by atoms with Gasteiger partial charge in [-0.3, -0.25) is 10.1 Å². The zero-order valence-electron chi connectivity index (χ0n) is 12.3. The summed E-state index contributed by atoms with van der Waals surface area (Å²) in [6.07, 6.45) is 1.65. The quantitative estimate of drug-likeness (QED) is 0.700. The number of carbonyl (C=O) groups excluding carboxylic acids is 1. The summed E-state index contributed by atoms with van der Waals surface area (Å²) in [6.45, 7) is 3.83. The lowest BCUT2D eigenvalue weighted by molar-refractivity contribution is -0.137. The summed E-state index contributed by atoms with van der Waals surface area (Å²) in [5.41, 5.74) is 0.0122. The standard InChI is InChI=1S/C13H20N4O4/c1-13(2,5-4-11(18)19)17-12(20)16-10-6-9(7-21-3)14-8-15-10/h6,8H,4-5,7H2,1-3H3,(H,18,19)(H2,14,15,16,17,20). The molecular weight excluding hydrogens is 276 g/mol. The minimum absolute atomic E-state index is 0.0151. The molecular formula is C13H20N4O4. The van der Waals surface area contributed by atoms with E-state index in [2.05, 4.69) is 20.6 Å². The van der Waals surface area contributed by atoms with Crippen LogP contribution in [-0.4, -0.2) is 39.7 Å². The Morgan fingerprint density at radius 3 is 2.71 bits per heavy atom. The van der Waals surface area contributed by atoms with Crippen LogP contribution in [0, 0.1) is 0 Å². The van der Waals surface area contributed by atoms with Crippen molar-refractivity contribution in [3.8, 4) is 0 Å². The van der Waals surface area contributed by atoms with Gasteiger partial charge in [0.2, 0.25) is 0 Å². The second-order valence-electron chi connectivity index (χ2n) is 5.18. The molecule has 1 aromatic heterocycles. The van der Waals surface area contributed by atoms with Crippen LogP contribution in [0.25, 0.3) is 0 Å². The minimum atomic E-state index is -0.898. The van der Waals surface area contributed by atoms with E-state index in [0.29, 0.717) is 24.5 Å². The highest BCUT2D eigenvalue weighted by atomic mass is 16.5. The van der Waals surface area contributed by atoms with Crippen molar-refractivity contribution in [1.29, 1.82) is 0 Å². The molecule has 0 spiro atoms. The Morgan fingerprint density at radius 2 is 2.10 bits per heavy atom. The van der Waals surface area contributed by atoms with Gasteiger partial charge in [-0.25, -0.2) is 14.8 Å². The highest BCUT2D eigenvalue weighted by molar-refractivity contribution is 5.88. The fraction of sp³-hybridized carbons (Fsp3) is 0.538. The minimum Gasteiger partial charge on any atom is -0.481 e. The van der Waals surface area contributed by atoms with Crippen molar-refractivity contribution in [2.45, 2.75) is 38.8 Å². The molecule has 0 aliphatic heterocycles. The molecule has 2 amide bonds. The first-order valence-corrected chi connectivity index (χ1v) is 6.43. The maximum absolute atomic E-state index is 11.9. The van der Waals surface area contributed by atoms with Gasteiger partial charge in [-0.15, -0.1) is 0 Å². The monoisotopic (exact) mass is 296 g/mol. The Bertz CT molecular complexity index is 505. The lowest BCUT2D eigenvalue weighted by atomic mass is 9.99. The highest BCUT2D eigenvalue weighted by Gasteiger charge is 2.21. The summed E-state index contributed by atoms with van der Waals surface area (Å²) < 4.78 is 4.95. The van der Waals surface area contributed by atoms with E-state index >= 15 is 0 Å². The zero-order chi connectivity index (χ0) is 15.9. The number of methoxy groups -OCH3 is 1. The van der Waals surface area contributed by atoms with Crippen molar-refractivity contribution >= 4 is 17.8 Å². The van der Waals surface area contributed by atoms with Crippen LogP contribution in [0.2, 0.25) is 0 Å². The SMILES string of the molecule is COCc1cc(NC(=O)NC(C)(C)CCC(=O)O)ncn1. The van der Waals surface area contributed by atoms with Gasteiger partial charge in [0.15, 0.2) is 0 Å². The van der Waals surface area contributed by atoms with Crippen LogP contribution in [0.3, 0.4) is 0 Å². The molecule has 116 valence electrons. The largest absolute Gasteiger partial charge is 0.481 e. The van der Waals surface area contributed by atoms with Gasteiger partial charge >= 0.3 is 12.0 Å². The predicted molar refractivity (Wildman–Crippen MR) is 75.8 cm³/mol. The third-order valence-corrected chi connectivity index (χ3v) is 2.67. The molecule has 1 aromatic rings. The summed E-state index contributed by atoms with van der Waals surface area (Å²) >= 11 is 0. The normalized spacial score (nSPS) is 11.0. The average Bonchev–Trinajstić information content (AvgIpc) is 2.36. The van der Waals surface area contributed by atoms with Crippen LogP contribution in [0.4, 0.5) is 10.6 Å². The van der Waals surface area contributed by atoms with E-state index in [1.165, 1.54) is 6.33 Å². The number of ether oxygens (including phenoxy) is 1. The maximum Gasteiger partial charge on any atom is 0.320 e. The third-order valence-electron chi connectivity index (χ3n) is 2.67. The lowest BCUT2D eigenvalue weighted by Gasteiger charge is -2.25. The summed E-state index contributed by atoms with van der Waals surface area (Å²) in [7, 11) is 1.55. The maximum atomic E-state index is 11.9. The van der Waals surface area contributed by atoms with E-state index in [1.807, 2.05) is 0 Å². The first-order chi connectivity index (χ1) is 9.82. The molecule has 1 rings (SSSR count). The average molecular weight is 296 g/mol. The van der Waals surface area contributed by atoms with Crippen molar-refractivity contribution in [3.63, 3.8) is 0 Å². The Morgan fingerprint density at radius 1 is 1.38 bits per heavy atom. The zero-order valence-corrected chi connectivity index (χ0v) is 12.3. The molecule has 8 nitrogen and oxygen atoms in total. The number of anilines is 1. The van der Waals surface area contributed by atoms with E-state index < -0.39 is 17.5 Å². The number of carbonyl (C=O) groups is 2. The lowest BCUT2D eigenvalue weighted by Crippen LogP contribution is -2.45. The van der Waals surface area contributed by atoms with Crippen molar-refractivity contribution in [3.05, 3.63) is 18.1 Å². The van der Waals surface area contributed by atoms with Crippen LogP contribution >= 0.6 is 0 Å². The molecule has 21 heavy (non-hydrogen) atoms. The number of amides is 2. The second-order valence-corrected chi connectivity index (χ2v) is 5.18. The van der Waals surface area contributed by atoms with Crippen molar-refractivity contribution in [1.82, 2.24) is 15.3 Å². The molecule has 0 radical (unpaired) electrons. The molecule has 3 N–H and O–H groups in total. The molecule has 1 heterocycles. The Hall–Kier alpha value is -2.22. The number of carboxylic acid groups (broad SMARTS) is 1. The number of hydrogen-bond acceptors (Lipinski definition) is 5. The summed E-state index contributed by atoms with van der Waals surface area (Å²) in [5, 5.41) is 14.0. The first-order valence-electron chi connectivity index (χ1n) is 6.43. The number of rotatable bonds is 7. The molecule has 0 unspecified atom stereocenters. The van der Waals surface area contributed by atoms with Gasteiger partial charge in [-0.05, 0) is 20.3 Å². The van der Waals surface area contributed by atoms with Crippen LogP contribution in [0.5, 0.6) is 0 Å². The van der Waals surface area contributed by atoms with Crippen LogP contribution < -0.4 is 10.6 Å². The van der Waals surface area contributed by atoms with Gasteiger partial charge < -0.3 is 15.2 Å². The molecule has 0 saturated carbocycles. The van der Waals surface area contributed by atoms with Gasteiger partial charge in [-0.2, -0.15) is 0 Å². The molecule has 0 aromatic carbocycles. The molecule has 8 heteroatoms. The van der Waals surface area contributed by atoms with Gasteiger partial charge in [0.05, 0.1) is 12.3 Å². The van der Waals surface area contributed by atoms with Gasteiger partial charge in [0, 0.05) is 25.1 Å².